The van der Waals surface area contributed by atoms with E-state index in [4.69, 9.17) is 4.74 Å². The third-order valence-electron chi connectivity index (χ3n) is 3.21. The van der Waals surface area contributed by atoms with Gasteiger partial charge in [0, 0.05) is 35.6 Å². The molecule has 2 N–H and O–H groups in total. The number of nitrogens with one attached hydrogen (secondary N) is 2. The van der Waals surface area contributed by atoms with Crippen molar-refractivity contribution in [1.82, 2.24) is 15.3 Å². The molecule has 2 aromatic heterocycles. The summed E-state index contributed by atoms with van der Waals surface area (Å²) in [4.78, 5) is 8.62. The van der Waals surface area contributed by atoms with E-state index in [1.807, 2.05) is 48.8 Å². The van der Waals surface area contributed by atoms with Gasteiger partial charge in [0.05, 0.1) is 5.69 Å². The molecule has 2 heterocycles. The van der Waals surface area contributed by atoms with Gasteiger partial charge >= 0.3 is 0 Å². The van der Waals surface area contributed by atoms with E-state index in [0.29, 0.717) is 6.61 Å². The van der Waals surface area contributed by atoms with Gasteiger partial charge in [0.25, 0.3) is 0 Å². The third kappa shape index (κ3) is 4.28. The zero-order valence-corrected chi connectivity index (χ0v) is 13.6. The Hall–Kier alpha value is -2.44. The minimum atomic E-state index is 0.658. The van der Waals surface area contributed by atoms with Crippen LogP contribution in [0.4, 0.5) is 10.8 Å². The minimum Gasteiger partial charge on any atom is -0.492 e. The van der Waals surface area contributed by atoms with E-state index in [1.54, 1.807) is 23.7 Å². The SMILES string of the molecule is CNCCOc1ccc(Nc2nc(-c3ccncc3)cs2)cc1. The first kappa shape index (κ1) is 15.5. The molecule has 5 nitrogen and oxygen atoms in total. The Morgan fingerprint density at radius 3 is 2.61 bits per heavy atom. The van der Waals surface area contributed by atoms with Gasteiger partial charge in [-0.25, -0.2) is 4.98 Å². The van der Waals surface area contributed by atoms with Crippen molar-refractivity contribution < 1.29 is 4.74 Å². The van der Waals surface area contributed by atoms with E-state index in [2.05, 4.69) is 20.6 Å². The second kappa shape index (κ2) is 7.71. The number of hydrogen-bond acceptors (Lipinski definition) is 6. The summed E-state index contributed by atoms with van der Waals surface area (Å²) in [5, 5.41) is 9.26. The number of likely N-dealkylation sites (N-methyl/N-ethyl adjacent to an activating group) is 1. The molecule has 0 saturated heterocycles. The van der Waals surface area contributed by atoms with Crippen LogP contribution in [0.25, 0.3) is 11.3 Å². The zero-order valence-electron chi connectivity index (χ0n) is 12.8. The summed E-state index contributed by atoms with van der Waals surface area (Å²) in [7, 11) is 1.91. The Kier molecular flexibility index (Phi) is 5.18. The summed E-state index contributed by atoms with van der Waals surface area (Å²) >= 11 is 1.58. The van der Waals surface area contributed by atoms with Gasteiger partial charge in [0.2, 0.25) is 0 Å². The van der Waals surface area contributed by atoms with E-state index >= 15 is 0 Å². The summed E-state index contributed by atoms with van der Waals surface area (Å²) in [5.41, 5.74) is 3.01. The largest absolute Gasteiger partial charge is 0.492 e. The number of pyridine rings is 1. The summed E-state index contributed by atoms with van der Waals surface area (Å²) < 4.78 is 5.60. The molecule has 0 saturated carbocycles. The molecule has 3 rings (SSSR count). The standard InChI is InChI=1S/C17H18N4OS/c1-18-10-11-22-15-4-2-14(3-5-15)20-17-21-16(12-23-17)13-6-8-19-9-7-13/h2-9,12,18H,10-11H2,1H3,(H,20,21). The highest BCUT2D eigenvalue weighted by molar-refractivity contribution is 7.14. The van der Waals surface area contributed by atoms with Gasteiger partial charge in [-0.2, -0.15) is 0 Å². The van der Waals surface area contributed by atoms with Crippen LogP contribution in [-0.4, -0.2) is 30.2 Å². The molecule has 0 atom stereocenters. The predicted molar refractivity (Wildman–Crippen MR) is 94.5 cm³/mol. The molecule has 23 heavy (non-hydrogen) atoms. The number of rotatable bonds is 7. The van der Waals surface area contributed by atoms with Crippen molar-refractivity contribution in [2.75, 3.05) is 25.5 Å². The lowest BCUT2D eigenvalue weighted by Gasteiger charge is -2.07. The number of hydrogen-bond donors (Lipinski definition) is 2. The lowest BCUT2D eigenvalue weighted by Crippen LogP contribution is -2.15. The van der Waals surface area contributed by atoms with Gasteiger partial charge in [-0.15, -0.1) is 11.3 Å². The van der Waals surface area contributed by atoms with Crippen molar-refractivity contribution in [2.24, 2.45) is 0 Å². The van der Waals surface area contributed by atoms with Crippen molar-refractivity contribution in [3.8, 4) is 17.0 Å². The van der Waals surface area contributed by atoms with Crippen LogP contribution in [0.5, 0.6) is 5.75 Å². The third-order valence-corrected chi connectivity index (χ3v) is 3.96. The quantitative estimate of drug-likeness (QED) is 0.650. The molecule has 0 aliphatic rings. The summed E-state index contributed by atoms with van der Waals surface area (Å²) in [6.45, 7) is 1.49. The average Bonchev–Trinajstić information content (AvgIpc) is 3.06. The summed E-state index contributed by atoms with van der Waals surface area (Å²) in [6.07, 6.45) is 3.54. The molecule has 118 valence electrons. The second-order valence-corrected chi connectivity index (χ2v) is 5.73. The number of thiazole rings is 1. The first-order chi connectivity index (χ1) is 11.3. The lowest BCUT2D eigenvalue weighted by atomic mass is 10.2. The summed E-state index contributed by atoms with van der Waals surface area (Å²) in [5.74, 6) is 0.863. The molecule has 0 aliphatic heterocycles. The fraction of sp³-hybridized carbons (Fsp3) is 0.176. The maximum absolute atomic E-state index is 5.60. The molecule has 1 aromatic carbocycles. The first-order valence-electron chi connectivity index (χ1n) is 7.35. The molecule has 6 heteroatoms. The molecule has 0 bridgehead atoms. The highest BCUT2D eigenvalue weighted by atomic mass is 32.1. The zero-order chi connectivity index (χ0) is 15.9. The lowest BCUT2D eigenvalue weighted by molar-refractivity contribution is 0.318. The van der Waals surface area contributed by atoms with Crippen LogP contribution in [0.15, 0.2) is 54.2 Å². The van der Waals surface area contributed by atoms with Crippen molar-refractivity contribution in [3.63, 3.8) is 0 Å². The number of aromatic nitrogens is 2. The van der Waals surface area contributed by atoms with Gasteiger partial charge in [0.15, 0.2) is 5.13 Å². The van der Waals surface area contributed by atoms with Crippen LogP contribution in [0, 0.1) is 0 Å². The molecule has 0 spiro atoms. The van der Waals surface area contributed by atoms with E-state index in [0.717, 1.165) is 34.4 Å². The number of benzene rings is 1. The van der Waals surface area contributed by atoms with Crippen molar-refractivity contribution in [3.05, 3.63) is 54.2 Å². The monoisotopic (exact) mass is 326 g/mol. The van der Waals surface area contributed by atoms with Gasteiger partial charge in [0.1, 0.15) is 12.4 Å². The molecule has 0 amide bonds. The van der Waals surface area contributed by atoms with Crippen LogP contribution in [-0.2, 0) is 0 Å². The number of ether oxygens (including phenoxy) is 1. The summed E-state index contributed by atoms with van der Waals surface area (Å²) in [6, 6.07) is 11.8. The molecular weight excluding hydrogens is 308 g/mol. The van der Waals surface area contributed by atoms with Crippen molar-refractivity contribution in [1.29, 1.82) is 0 Å². The minimum absolute atomic E-state index is 0.658. The van der Waals surface area contributed by atoms with Crippen molar-refractivity contribution >= 4 is 22.2 Å². The number of anilines is 2. The normalized spacial score (nSPS) is 10.5. The maximum atomic E-state index is 5.60. The van der Waals surface area contributed by atoms with Gasteiger partial charge in [-0.1, -0.05) is 0 Å². The van der Waals surface area contributed by atoms with Crippen LogP contribution in [0.1, 0.15) is 0 Å². The Morgan fingerprint density at radius 1 is 1.09 bits per heavy atom. The van der Waals surface area contributed by atoms with E-state index in [9.17, 15) is 0 Å². The fourth-order valence-corrected chi connectivity index (χ4v) is 2.76. The Labute approximate surface area is 139 Å². The van der Waals surface area contributed by atoms with E-state index in [-0.39, 0.29) is 0 Å². The molecule has 3 aromatic rings. The van der Waals surface area contributed by atoms with Crippen LogP contribution in [0.3, 0.4) is 0 Å². The molecule has 0 unspecified atom stereocenters. The molecule has 0 radical (unpaired) electrons. The molecule has 0 fully saturated rings. The first-order valence-corrected chi connectivity index (χ1v) is 8.23. The Bertz CT molecular complexity index is 728. The Balaban J connectivity index is 1.62. The maximum Gasteiger partial charge on any atom is 0.187 e. The number of nitrogens with zero attached hydrogens (tertiary/aromatic N) is 2. The highest BCUT2D eigenvalue weighted by Gasteiger charge is 2.04. The second-order valence-electron chi connectivity index (χ2n) is 4.88. The fourth-order valence-electron chi connectivity index (χ4n) is 2.02. The smallest absolute Gasteiger partial charge is 0.187 e. The molecule has 0 aliphatic carbocycles. The van der Waals surface area contributed by atoms with Crippen LogP contribution in [0.2, 0.25) is 0 Å². The Morgan fingerprint density at radius 2 is 1.87 bits per heavy atom. The van der Waals surface area contributed by atoms with Crippen LogP contribution >= 0.6 is 11.3 Å². The topological polar surface area (TPSA) is 59.1 Å². The van der Waals surface area contributed by atoms with Gasteiger partial charge in [-0.3, -0.25) is 4.98 Å². The van der Waals surface area contributed by atoms with Crippen molar-refractivity contribution in [2.45, 2.75) is 0 Å². The average molecular weight is 326 g/mol. The molecular formula is C17H18N4OS. The van der Waals surface area contributed by atoms with Gasteiger partial charge < -0.3 is 15.4 Å². The van der Waals surface area contributed by atoms with E-state index in [1.165, 1.54) is 0 Å². The van der Waals surface area contributed by atoms with Crippen LogP contribution < -0.4 is 15.4 Å². The highest BCUT2D eigenvalue weighted by Crippen LogP contribution is 2.27. The van der Waals surface area contributed by atoms with Gasteiger partial charge in [-0.05, 0) is 43.4 Å². The predicted octanol–water partition coefficient (Wildman–Crippen LogP) is 3.55. The van der Waals surface area contributed by atoms with E-state index < -0.39 is 0 Å².